The van der Waals surface area contributed by atoms with Crippen molar-refractivity contribution in [1.82, 2.24) is 0 Å². The molecule has 0 unspecified atom stereocenters. The molecule has 0 N–H and O–H groups in total. The SMILES string of the molecule is [2H]C([2H])([2H])C1(C)c2ccccc2C2(CCCCC2)c2ccccc21. The van der Waals surface area contributed by atoms with E-state index < -0.39 is 12.3 Å². The number of fused-ring (bicyclic) bond motifs is 4. The summed E-state index contributed by atoms with van der Waals surface area (Å²) in [6.07, 6.45) is 5.96. The lowest BCUT2D eigenvalue weighted by Gasteiger charge is -2.49. The van der Waals surface area contributed by atoms with Gasteiger partial charge in [-0.1, -0.05) is 81.6 Å². The van der Waals surface area contributed by atoms with Crippen molar-refractivity contribution in [2.45, 2.75) is 56.7 Å². The summed E-state index contributed by atoms with van der Waals surface area (Å²) < 4.78 is 25.0. The van der Waals surface area contributed by atoms with Crippen molar-refractivity contribution in [3.63, 3.8) is 0 Å². The number of rotatable bonds is 0. The maximum Gasteiger partial charge on any atom is 0.0243 e. The van der Waals surface area contributed by atoms with Gasteiger partial charge >= 0.3 is 0 Å². The molecule has 2 aliphatic carbocycles. The first-order valence-electron chi connectivity index (χ1n) is 9.61. The minimum atomic E-state index is -2.07. The molecule has 0 heterocycles. The third-order valence-electron chi connectivity index (χ3n) is 5.67. The van der Waals surface area contributed by atoms with Crippen molar-refractivity contribution in [3.8, 4) is 0 Å². The summed E-state index contributed by atoms with van der Waals surface area (Å²) in [6.45, 7) is -0.164. The van der Waals surface area contributed by atoms with Crippen molar-refractivity contribution >= 4 is 0 Å². The lowest BCUT2D eigenvalue weighted by Crippen LogP contribution is -2.41. The Hall–Kier alpha value is -1.56. The molecule has 21 heavy (non-hydrogen) atoms. The average Bonchev–Trinajstić information content (AvgIpc) is 2.60. The molecule has 0 heteroatoms. The van der Waals surface area contributed by atoms with Gasteiger partial charge in [0.05, 0.1) is 0 Å². The largest absolute Gasteiger partial charge is 0.0619 e. The van der Waals surface area contributed by atoms with Crippen LogP contribution >= 0.6 is 0 Å². The highest BCUT2D eigenvalue weighted by atomic mass is 14.5. The van der Waals surface area contributed by atoms with E-state index in [4.69, 9.17) is 4.11 Å². The van der Waals surface area contributed by atoms with E-state index in [9.17, 15) is 0 Å². The van der Waals surface area contributed by atoms with E-state index in [0.29, 0.717) is 0 Å². The van der Waals surface area contributed by atoms with Crippen LogP contribution in [0.5, 0.6) is 0 Å². The molecule has 4 rings (SSSR count). The molecule has 1 saturated carbocycles. The zero-order valence-corrected chi connectivity index (χ0v) is 12.7. The van der Waals surface area contributed by atoms with Crippen LogP contribution in [0.2, 0.25) is 0 Å². The van der Waals surface area contributed by atoms with E-state index in [1.54, 1.807) is 0 Å². The van der Waals surface area contributed by atoms with Gasteiger partial charge in [-0.15, -0.1) is 0 Å². The van der Waals surface area contributed by atoms with E-state index in [0.717, 1.165) is 24.0 Å². The van der Waals surface area contributed by atoms with Gasteiger partial charge in [0.2, 0.25) is 0 Å². The molecule has 0 nitrogen and oxygen atoms in total. The average molecular weight is 279 g/mol. The Balaban J connectivity index is 2.09. The fourth-order valence-corrected chi connectivity index (χ4v) is 4.66. The fraction of sp³-hybridized carbons (Fsp3) is 0.429. The van der Waals surface area contributed by atoms with Crippen LogP contribution in [0.25, 0.3) is 0 Å². The maximum absolute atomic E-state index is 8.32. The molecule has 0 amide bonds. The van der Waals surface area contributed by atoms with E-state index in [2.05, 4.69) is 24.3 Å². The summed E-state index contributed by atoms with van der Waals surface area (Å²) in [4.78, 5) is 0. The zero-order chi connectivity index (χ0) is 17.0. The Bertz CT molecular complexity index is 717. The third-order valence-corrected chi connectivity index (χ3v) is 5.67. The van der Waals surface area contributed by atoms with E-state index in [1.165, 1.54) is 30.4 Å². The summed E-state index contributed by atoms with van der Waals surface area (Å²) in [6, 6.07) is 16.6. The van der Waals surface area contributed by atoms with Crippen LogP contribution in [0.15, 0.2) is 48.5 Å². The van der Waals surface area contributed by atoms with Crippen LogP contribution in [-0.4, -0.2) is 0 Å². The molecule has 108 valence electrons. The first-order valence-corrected chi connectivity index (χ1v) is 8.11. The van der Waals surface area contributed by atoms with E-state index >= 15 is 0 Å². The number of hydrogen-bond acceptors (Lipinski definition) is 0. The van der Waals surface area contributed by atoms with Crippen molar-refractivity contribution in [2.24, 2.45) is 0 Å². The summed E-state index contributed by atoms with van der Waals surface area (Å²) >= 11 is 0. The Kier molecular flexibility index (Phi) is 2.17. The lowest BCUT2D eigenvalue weighted by atomic mass is 9.54. The minimum Gasteiger partial charge on any atom is -0.0619 e. The quantitative estimate of drug-likeness (QED) is 0.591. The Morgan fingerprint density at radius 3 is 1.71 bits per heavy atom. The molecule has 2 aromatic rings. The first kappa shape index (κ1) is 10.2. The molecule has 0 atom stereocenters. The summed E-state index contributed by atoms with van der Waals surface area (Å²) in [5.41, 5.74) is 3.57. The molecule has 0 aromatic heterocycles. The second kappa shape index (κ2) is 4.47. The van der Waals surface area contributed by atoms with Gasteiger partial charge in [-0.3, -0.25) is 0 Å². The van der Waals surface area contributed by atoms with Gasteiger partial charge in [-0.25, -0.2) is 0 Å². The van der Waals surface area contributed by atoms with Crippen molar-refractivity contribution in [1.29, 1.82) is 0 Å². The predicted octanol–water partition coefficient (Wildman–Crippen LogP) is 5.58. The molecule has 1 fully saturated rings. The van der Waals surface area contributed by atoms with Crippen LogP contribution in [0.3, 0.4) is 0 Å². The fourth-order valence-electron chi connectivity index (χ4n) is 4.66. The highest BCUT2D eigenvalue weighted by Crippen LogP contribution is 2.55. The molecule has 0 bridgehead atoms. The van der Waals surface area contributed by atoms with Crippen molar-refractivity contribution in [3.05, 3.63) is 70.8 Å². The van der Waals surface area contributed by atoms with Crippen LogP contribution in [0, 0.1) is 0 Å². The minimum absolute atomic E-state index is 0.00377. The third kappa shape index (κ3) is 1.68. The van der Waals surface area contributed by atoms with Gasteiger partial charge in [0.1, 0.15) is 0 Å². The molecule has 0 saturated heterocycles. The molecular formula is C21H24. The summed E-state index contributed by atoms with van der Waals surface area (Å²) in [5.74, 6) is 0. The van der Waals surface area contributed by atoms with Gasteiger partial charge in [0.25, 0.3) is 0 Å². The van der Waals surface area contributed by atoms with Gasteiger partial charge < -0.3 is 0 Å². The van der Waals surface area contributed by atoms with Crippen LogP contribution in [0.4, 0.5) is 0 Å². The molecule has 2 aliphatic rings. The van der Waals surface area contributed by atoms with E-state index in [1.807, 2.05) is 31.2 Å². The highest BCUT2D eigenvalue weighted by molar-refractivity contribution is 5.59. The van der Waals surface area contributed by atoms with E-state index in [-0.39, 0.29) is 5.41 Å². The van der Waals surface area contributed by atoms with Crippen molar-refractivity contribution < 1.29 is 4.11 Å². The smallest absolute Gasteiger partial charge is 0.0243 e. The molecular weight excluding hydrogens is 252 g/mol. The summed E-state index contributed by atoms with van der Waals surface area (Å²) in [5, 5.41) is 0. The predicted molar refractivity (Wildman–Crippen MR) is 88.9 cm³/mol. The topological polar surface area (TPSA) is 0 Å². The van der Waals surface area contributed by atoms with Gasteiger partial charge in [-0.05, 0) is 35.1 Å². The van der Waals surface area contributed by atoms with Crippen LogP contribution in [-0.2, 0) is 10.8 Å². The lowest BCUT2D eigenvalue weighted by molar-refractivity contribution is 0.326. The van der Waals surface area contributed by atoms with Crippen molar-refractivity contribution in [2.75, 3.05) is 0 Å². The molecule has 1 spiro atoms. The Labute approximate surface area is 132 Å². The van der Waals surface area contributed by atoms with Gasteiger partial charge in [0, 0.05) is 14.9 Å². The highest BCUT2D eigenvalue weighted by Gasteiger charge is 2.46. The standard InChI is InChI=1S/C21H24/c1-20(2)16-10-4-6-12-18(16)21(14-8-3-9-15-21)19-13-7-5-11-17(19)20/h4-7,10-13H,3,8-9,14-15H2,1-2H3/i1D3. The molecule has 0 radical (unpaired) electrons. The number of hydrogen-bond donors (Lipinski definition) is 0. The monoisotopic (exact) mass is 279 g/mol. The van der Waals surface area contributed by atoms with Gasteiger partial charge in [0.15, 0.2) is 0 Å². The first-order chi connectivity index (χ1) is 11.4. The van der Waals surface area contributed by atoms with Gasteiger partial charge in [-0.2, -0.15) is 0 Å². The van der Waals surface area contributed by atoms with Crippen LogP contribution in [0.1, 0.15) is 72.2 Å². The second-order valence-corrected chi connectivity index (χ2v) is 6.86. The Morgan fingerprint density at radius 1 is 0.762 bits per heavy atom. The maximum atomic E-state index is 8.32. The second-order valence-electron chi connectivity index (χ2n) is 6.86. The molecule has 0 aliphatic heterocycles. The molecule has 2 aromatic carbocycles. The normalized spacial score (nSPS) is 24.3. The zero-order valence-electron chi connectivity index (χ0n) is 15.7. The summed E-state index contributed by atoms with van der Waals surface area (Å²) in [7, 11) is 0. The van der Waals surface area contributed by atoms with Crippen LogP contribution < -0.4 is 0 Å². The Morgan fingerprint density at radius 2 is 1.24 bits per heavy atom. The number of benzene rings is 2.